The predicted molar refractivity (Wildman–Crippen MR) is 82.3 cm³/mol. The van der Waals surface area contributed by atoms with Crippen LogP contribution in [0.15, 0.2) is 18.2 Å². The molecule has 2 atom stereocenters. The van der Waals surface area contributed by atoms with Gasteiger partial charge in [-0.3, -0.25) is 9.59 Å². The summed E-state index contributed by atoms with van der Waals surface area (Å²) in [5.74, 6) is 0.615. The lowest BCUT2D eigenvalue weighted by molar-refractivity contribution is -0.116. The van der Waals surface area contributed by atoms with Gasteiger partial charge in [0.2, 0.25) is 5.91 Å². The highest BCUT2D eigenvalue weighted by Gasteiger charge is 2.24. The highest BCUT2D eigenvalue weighted by atomic mass is 16.2. The van der Waals surface area contributed by atoms with Crippen LogP contribution in [0.3, 0.4) is 0 Å². The Bertz CT molecular complexity index is 568. The van der Waals surface area contributed by atoms with Gasteiger partial charge in [0.1, 0.15) is 0 Å². The largest absolute Gasteiger partial charge is 0.349 e. The maximum Gasteiger partial charge on any atom is 0.251 e. The zero-order chi connectivity index (χ0) is 14.8. The number of aryl methyl sites for hydroxylation is 1. The van der Waals surface area contributed by atoms with E-state index in [1.54, 1.807) is 6.07 Å². The first-order chi connectivity index (χ1) is 10.1. The van der Waals surface area contributed by atoms with Crippen molar-refractivity contribution in [1.29, 1.82) is 0 Å². The molecular weight excluding hydrogens is 264 g/mol. The maximum atomic E-state index is 12.4. The molecule has 0 spiro atoms. The Kier molecular flexibility index (Phi) is 3.95. The fraction of sp³-hybridized carbons (Fsp3) is 0.529. The molecule has 3 rings (SSSR count). The van der Waals surface area contributed by atoms with Crippen LogP contribution in [0.1, 0.15) is 54.9 Å². The Labute approximate surface area is 125 Å². The number of benzene rings is 1. The van der Waals surface area contributed by atoms with Gasteiger partial charge in [0.15, 0.2) is 0 Å². The number of carbonyl (C=O) groups is 2. The number of hydrogen-bond donors (Lipinski definition) is 2. The maximum absolute atomic E-state index is 12.4. The van der Waals surface area contributed by atoms with Crippen LogP contribution in [-0.4, -0.2) is 17.9 Å². The predicted octanol–water partition coefficient (Wildman–Crippen LogP) is 2.88. The van der Waals surface area contributed by atoms with E-state index in [0.29, 0.717) is 30.4 Å². The zero-order valence-corrected chi connectivity index (χ0v) is 12.4. The average Bonchev–Trinajstić information content (AvgIpc) is 2.49. The van der Waals surface area contributed by atoms with Crippen LogP contribution in [0.5, 0.6) is 0 Å². The van der Waals surface area contributed by atoms with E-state index in [1.165, 1.54) is 19.3 Å². The second kappa shape index (κ2) is 5.88. The molecule has 1 fully saturated rings. The van der Waals surface area contributed by atoms with Gasteiger partial charge < -0.3 is 10.6 Å². The molecule has 0 aromatic heterocycles. The second-order valence-corrected chi connectivity index (χ2v) is 6.26. The lowest BCUT2D eigenvalue weighted by atomic mass is 9.86. The van der Waals surface area contributed by atoms with Crippen LogP contribution in [0, 0.1) is 5.92 Å². The molecule has 0 radical (unpaired) electrons. The number of hydrogen-bond acceptors (Lipinski definition) is 2. The van der Waals surface area contributed by atoms with Crippen molar-refractivity contribution in [2.24, 2.45) is 5.92 Å². The van der Waals surface area contributed by atoms with E-state index in [-0.39, 0.29) is 11.8 Å². The minimum Gasteiger partial charge on any atom is -0.349 e. The lowest BCUT2D eigenvalue weighted by Gasteiger charge is -2.29. The fourth-order valence-electron chi connectivity index (χ4n) is 3.31. The van der Waals surface area contributed by atoms with Gasteiger partial charge >= 0.3 is 0 Å². The monoisotopic (exact) mass is 286 g/mol. The summed E-state index contributed by atoms with van der Waals surface area (Å²) >= 11 is 0. The van der Waals surface area contributed by atoms with Gasteiger partial charge in [0.25, 0.3) is 5.91 Å². The van der Waals surface area contributed by atoms with Crippen molar-refractivity contribution >= 4 is 17.5 Å². The van der Waals surface area contributed by atoms with Crippen LogP contribution >= 0.6 is 0 Å². The van der Waals surface area contributed by atoms with E-state index in [2.05, 4.69) is 17.6 Å². The third kappa shape index (κ3) is 3.09. The van der Waals surface area contributed by atoms with Crippen LogP contribution in [0.25, 0.3) is 0 Å². The van der Waals surface area contributed by atoms with E-state index in [9.17, 15) is 9.59 Å². The van der Waals surface area contributed by atoms with Crippen LogP contribution in [0.2, 0.25) is 0 Å². The molecule has 1 saturated carbocycles. The summed E-state index contributed by atoms with van der Waals surface area (Å²) in [6.45, 7) is 2.21. The molecule has 21 heavy (non-hydrogen) atoms. The van der Waals surface area contributed by atoms with Crippen molar-refractivity contribution in [1.82, 2.24) is 5.32 Å². The molecule has 112 valence electrons. The quantitative estimate of drug-likeness (QED) is 0.878. The number of nitrogens with one attached hydrogen (secondary N) is 2. The van der Waals surface area contributed by atoms with Crippen molar-refractivity contribution in [3.05, 3.63) is 29.3 Å². The Morgan fingerprint density at radius 1 is 1.24 bits per heavy atom. The number of amides is 2. The highest BCUT2D eigenvalue weighted by Crippen LogP contribution is 2.26. The van der Waals surface area contributed by atoms with Gasteiger partial charge in [-0.25, -0.2) is 0 Å². The van der Waals surface area contributed by atoms with Gasteiger partial charge in [-0.05, 0) is 48.9 Å². The van der Waals surface area contributed by atoms with Crippen molar-refractivity contribution < 1.29 is 9.59 Å². The Balaban J connectivity index is 1.71. The van der Waals surface area contributed by atoms with E-state index in [4.69, 9.17) is 0 Å². The zero-order valence-electron chi connectivity index (χ0n) is 12.4. The minimum absolute atomic E-state index is 0.00782. The highest BCUT2D eigenvalue weighted by molar-refractivity contribution is 5.98. The molecule has 2 unspecified atom stereocenters. The minimum atomic E-state index is 0.00782. The smallest absolute Gasteiger partial charge is 0.251 e. The van der Waals surface area contributed by atoms with E-state index >= 15 is 0 Å². The molecule has 0 bridgehead atoms. The molecule has 2 amide bonds. The van der Waals surface area contributed by atoms with Gasteiger partial charge in [0, 0.05) is 23.7 Å². The molecule has 0 saturated heterocycles. The molecular formula is C17H22N2O2. The normalized spacial score (nSPS) is 24.9. The third-order valence-corrected chi connectivity index (χ3v) is 4.69. The molecule has 1 aliphatic heterocycles. The molecule has 1 aromatic rings. The second-order valence-electron chi connectivity index (χ2n) is 6.26. The summed E-state index contributed by atoms with van der Waals surface area (Å²) < 4.78 is 0. The first kappa shape index (κ1) is 14.1. The number of fused-ring (bicyclic) bond motifs is 1. The third-order valence-electron chi connectivity index (χ3n) is 4.69. The van der Waals surface area contributed by atoms with Crippen molar-refractivity contribution in [2.45, 2.75) is 51.5 Å². The standard InChI is InChI=1S/C17H22N2O2/c1-11-4-2-3-5-14(11)19-17(21)13-6-8-15-12(10-13)7-9-16(20)18-15/h6,8,10-11,14H,2-5,7,9H2,1H3,(H,18,20)(H,19,21). The molecule has 1 aliphatic carbocycles. The molecule has 2 aliphatic rings. The molecule has 1 heterocycles. The first-order valence-electron chi connectivity index (χ1n) is 7.87. The fourth-order valence-corrected chi connectivity index (χ4v) is 3.31. The van der Waals surface area contributed by atoms with Gasteiger partial charge in [-0.15, -0.1) is 0 Å². The molecule has 4 heteroatoms. The van der Waals surface area contributed by atoms with E-state index < -0.39 is 0 Å². The van der Waals surface area contributed by atoms with Crippen molar-refractivity contribution in [2.75, 3.05) is 5.32 Å². The number of rotatable bonds is 2. The lowest BCUT2D eigenvalue weighted by Crippen LogP contribution is -2.41. The Morgan fingerprint density at radius 3 is 2.86 bits per heavy atom. The SMILES string of the molecule is CC1CCCCC1NC(=O)c1ccc2c(c1)CCC(=O)N2. The summed E-state index contributed by atoms with van der Waals surface area (Å²) in [6, 6.07) is 5.85. The summed E-state index contributed by atoms with van der Waals surface area (Å²) in [5.41, 5.74) is 2.59. The summed E-state index contributed by atoms with van der Waals surface area (Å²) in [6.07, 6.45) is 5.95. The molecule has 4 nitrogen and oxygen atoms in total. The Hall–Kier alpha value is -1.84. The van der Waals surface area contributed by atoms with Crippen molar-refractivity contribution in [3.63, 3.8) is 0 Å². The van der Waals surface area contributed by atoms with Crippen LogP contribution in [-0.2, 0) is 11.2 Å². The average molecular weight is 286 g/mol. The molecule has 2 N–H and O–H groups in total. The van der Waals surface area contributed by atoms with Crippen molar-refractivity contribution in [3.8, 4) is 0 Å². The number of carbonyl (C=O) groups excluding carboxylic acids is 2. The number of anilines is 1. The first-order valence-corrected chi connectivity index (χ1v) is 7.87. The summed E-state index contributed by atoms with van der Waals surface area (Å²) in [7, 11) is 0. The molecule has 1 aromatic carbocycles. The van der Waals surface area contributed by atoms with Gasteiger partial charge in [-0.1, -0.05) is 19.8 Å². The summed E-state index contributed by atoms with van der Waals surface area (Å²) in [4.78, 5) is 23.8. The van der Waals surface area contributed by atoms with E-state index in [0.717, 1.165) is 17.7 Å². The van der Waals surface area contributed by atoms with Gasteiger partial charge in [0.05, 0.1) is 0 Å². The van der Waals surface area contributed by atoms with Crippen LogP contribution < -0.4 is 10.6 Å². The van der Waals surface area contributed by atoms with Crippen LogP contribution in [0.4, 0.5) is 5.69 Å². The van der Waals surface area contributed by atoms with E-state index in [1.807, 2.05) is 12.1 Å². The van der Waals surface area contributed by atoms with Gasteiger partial charge in [-0.2, -0.15) is 0 Å². The Morgan fingerprint density at radius 2 is 2.05 bits per heavy atom. The summed E-state index contributed by atoms with van der Waals surface area (Å²) in [5, 5.41) is 6.02. The topological polar surface area (TPSA) is 58.2 Å².